The van der Waals surface area contributed by atoms with Crippen molar-refractivity contribution in [2.75, 3.05) is 26.7 Å². The third-order valence-electron chi connectivity index (χ3n) is 7.82. The molecule has 0 radical (unpaired) electrons. The van der Waals surface area contributed by atoms with Crippen molar-refractivity contribution >= 4 is 17.8 Å². The second kappa shape index (κ2) is 10.9. The van der Waals surface area contributed by atoms with Crippen LogP contribution in [0.15, 0.2) is 24.3 Å². The highest BCUT2D eigenvalue weighted by Gasteiger charge is 2.52. The predicted molar refractivity (Wildman–Crippen MR) is 130 cm³/mol. The zero-order chi connectivity index (χ0) is 25.1. The first kappa shape index (κ1) is 25.4. The smallest absolute Gasteiger partial charge is 0.334 e. The second-order valence-corrected chi connectivity index (χ2v) is 10.3. The van der Waals surface area contributed by atoms with Crippen molar-refractivity contribution in [2.24, 2.45) is 11.8 Å². The van der Waals surface area contributed by atoms with Crippen LogP contribution in [0.2, 0.25) is 0 Å². The fraction of sp³-hybridized carbons (Fsp3) is 0.654. The Morgan fingerprint density at radius 3 is 2.49 bits per heavy atom. The third kappa shape index (κ3) is 5.44. The molecule has 2 aliphatic heterocycles. The minimum absolute atomic E-state index is 0.00532. The maximum atomic E-state index is 13.7. The zero-order valence-corrected chi connectivity index (χ0v) is 21.1. The fourth-order valence-corrected chi connectivity index (χ4v) is 5.70. The Morgan fingerprint density at radius 2 is 1.83 bits per heavy atom. The molecule has 3 fully saturated rings. The quantitative estimate of drug-likeness (QED) is 0.669. The summed E-state index contributed by atoms with van der Waals surface area (Å²) in [6.45, 7) is 5.29. The molecule has 3 aliphatic rings. The van der Waals surface area contributed by atoms with E-state index in [-0.39, 0.29) is 42.7 Å². The lowest BCUT2D eigenvalue weighted by atomic mass is 9.87. The molecule has 1 unspecified atom stereocenters. The molecule has 0 aromatic heterocycles. The molecule has 1 aliphatic carbocycles. The number of amides is 4. The maximum Gasteiger partial charge on any atom is 0.334 e. The van der Waals surface area contributed by atoms with Crippen LogP contribution in [-0.2, 0) is 16.1 Å². The number of hydrogen-bond donors (Lipinski definition) is 1. The molecule has 9 heteroatoms. The van der Waals surface area contributed by atoms with Crippen LogP contribution >= 0.6 is 0 Å². The number of fused-ring (bicyclic) bond motifs is 1. The van der Waals surface area contributed by atoms with Gasteiger partial charge in [0.25, 0.3) is 0 Å². The van der Waals surface area contributed by atoms with E-state index >= 15 is 0 Å². The van der Waals surface area contributed by atoms with Crippen LogP contribution in [0.4, 0.5) is 9.18 Å². The van der Waals surface area contributed by atoms with Crippen molar-refractivity contribution in [1.82, 2.24) is 25.1 Å². The van der Waals surface area contributed by atoms with Gasteiger partial charge >= 0.3 is 6.03 Å². The van der Waals surface area contributed by atoms with Gasteiger partial charge in [0, 0.05) is 20.1 Å². The van der Waals surface area contributed by atoms with Gasteiger partial charge in [0.2, 0.25) is 11.8 Å². The number of rotatable bonds is 6. The summed E-state index contributed by atoms with van der Waals surface area (Å²) >= 11 is 0. The first-order valence-corrected chi connectivity index (χ1v) is 12.9. The fourth-order valence-electron chi connectivity index (χ4n) is 5.70. The molecule has 4 rings (SSSR count). The van der Waals surface area contributed by atoms with Crippen molar-refractivity contribution in [1.29, 1.82) is 0 Å². The molecule has 1 aromatic carbocycles. The van der Waals surface area contributed by atoms with Crippen molar-refractivity contribution in [3.05, 3.63) is 35.6 Å². The highest BCUT2D eigenvalue weighted by atomic mass is 19.1. The van der Waals surface area contributed by atoms with E-state index in [0.29, 0.717) is 19.0 Å². The second-order valence-electron chi connectivity index (χ2n) is 10.3. The van der Waals surface area contributed by atoms with Gasteiger partial charge in [-0.25, -0.2) is 19.2 Å². The molecule has 1 aromatic rings. The topological polar surface area (TPSA) is 76.2 Å². The van der Waals surface area contributed by atoms with Crippen LogP contribution in [0.3, 0.4) is 0 Å². The van der Waals surface area contributed by atoms with Crippen LogP contribution in [0.25, 0.3) is 0 Å². The number of piperazine rings is 1. The Hall–Kier alpha value is -2.68. The van der Waals surface area contributed by atoms with Crippen LogP contribution in [0.5, 0.6) is 0 Å². The van der Waals surface area contributed by atoms with Gasteiger partial charge < -0.3 is 15.1 Å². The molecule has 2 saturated heterocycles. The first-order chi connectivity index (χ1) is 16.8. The number of urea groups is 1. The van der Waals surface area contributed by atoms with Crippen LogP contribution in [0.1, 0.15) is 57.9 Å². The van der Waals surface area contributed by atoms with Gasteiger partial charge in [-0.1, -0.05) is 51.7 Å². The summed E-state index contributed by atoms with van der Waals surface area (Å²) in [5, 5.41) is 6.14. The van der Waals surface area contributed by atoms with Gasteiger partial charge in [0.15, 0.2) is 0 Å². The number of hydrogen-bond acceptors (Lipinski definition) is 4. The van der Waals surface area contributed by atoms with Gasteiger partial charge in [-0.15, -0.1) is 0 Å². The van der Waals surface area contributed by atoms with Crippen LogP contribution < -0.4 is 5.32 Å². The lowest BCUT2D eigenvalue weighted by molar-refractivity contribution is -0.191. The lowest BCUT2D eigenvalue weighted by Gasteiger charge is -2.55. The molecule has 2 heterocycles. The maximum absolute atomic E-state index is 13.7. The molecule has 1 saturated carbocycles. The molecule has 3 atom stereocenters. The van der Waals surface area contributed by atoms with E-state index in [1.165, 1.54) is 31.4 Å². The summed E-state index contributed by atoms with van der Waals surface area (Å²) in [6, 6.07) is 5.08. The number of carbonyl (C=O) groups excluding carboxylic acids is 3. The number of benzene rings is 1. The van der Waals surface area contributed by atoms with Gasteiger partial charge in [-0.3, -0.25) is 9.59 Å². The number of carbonyl (C=O) groups is 3. The molecule has 192 valence electrons. The van der Waals surface area contributed by atoms with E-state index in [0.717, 1.165) is 24.8 Å². The molecule has 0 bridgehead atoms. The summed E-state index contributed by atoms with van der Waals surface area (Å²) in [4.78, 5) is 43.8. The van der Waals surface area contributed by atoms with E-state index in [9.17, 15) is 18.8 Å². The standard InChI is InChI=1S/C26H38FN5O3/c1-4-18(2)24-25(34)30(15-20-8-6-5-7-9-20)16-22-31(24)23(33)17-29(3)32(22)26(35)28-14-19-10-12-21(27)13-11-19/h10-13,18,20,22,24H,4-9,14-17H2,1-3H3,(H,28,35)/t18?,22-,24-/m0/s1. The van der Waals surface area contributed by atoms with Crippen molar-refractivity contribution < 1.29 is 18.8 Å². The van der Waals surface area contributed by atoms with E-state index in [1.807, 2.05) is 18.7 Å². The lowest BCUT2D eigenvalue weighted by Crippen LogP contribution is -2.76. The van der Waals surface area contributed by atoms with Gasteiger partial charge in [0.05, 0.1) is 13.1 Å². The number of hydrazine groups is 1. The van der Waals surface area contributed by atoms with Gasteiger partial charge in [-0.05, 0) is 42.4 Å². The minimum atomic E-state index is -0.573. The Balaban J connectivity index is 1.57. The Bertz CT molecular complexity index is 920. The van der Waals surface area contributed by atoms with Gasteiger partial charge in [0.1, 0.15) is 18.0 Å². The Kier molecular flexibility index (Phi) is 7.94. The summed E-state index contributed by atoms with van der Waals surface area (Å²) in [6.07, 6.45) is 6.07. The monoisotopic (exact) mass is 487 g/mol. The van der Waals surface area contributed by atoms with E-state index in [2.05, 4.69) is 5.32 Å². The molecule has 0 spiro atoms. The number of halogens is 1. The zero-order valence-electron chi connectivity index (χ0n) is 21.1. The van der Waals surface area contributed by atoms with E-state index in [4.69, 9.17) is 0 Å². The minimum Gasteiger partial charge on any atom is -0.337 e. The summed E-state index contributed by atoms with van der Waals surface area (Å²) < 4.78 is 13.2. The average Bonchev–Trinajstić information content (AvgIpc) is 2.84. The molecular weight excluding hydrogens is 449 g/mol. The predicted octanol–water partition coefficient (Wildman–Crippen LogP) is 3.19. The largest absolute Gasteiger partial charge is 0.337 e. The number of likely N-dealkylation sites (N-methyl/N-ethyl adjacent to an activating group) is 1. The molecule has 1 N–H and O–H groups in total. The summed E-state index contributed by atoms with van der Waals surface area (Å²) in [7, 11) is 1.73. The van der Waals surface area contributed by atoms with E-state index in [1.54, 1.807) is 34.1 Å². The van der Waals surface area contributed by atoms with Crippen molar-refractivity contribution in [3.8, 4) is 0 Å². The molecule has 4 amide bonds. The normalized spacial score (nSPS) is 25.0. The van der Waals surface area contributed by atoms with Gasteiger partial charge in [-0.2, -0.15) is 0 Å². The molecule has 8 nitrogen and oxygen atoms in total. The van der Waals surface area contributed by atoms with Crippen LogP contribution in [0, 0.1) is 17.7 Å². The third-order valence-corrected chi connectivity index (χ3v) is 7.82. The first-order valence-electron chi connectivity index (χ1n) is 12.9. The van der Waals surface area contributed by atoms with Crippen LogP contribution in [-0.4, -0.2) is 76.6 Å². The number of nitrogens with one attached hydrogen (secondary N) is 1. The summed E-state index contributed by atoms with van der Waals surface area (Å²) in [5.41, 5.74) is 0.780. The molecule has 35 heavy (non-hydrogen) atoms. The van der Waals surface area contributed by atoms with Crippen molar-refractivity contribution in [3.63, 3.8) is 0 Å². The van der Waals surface area contributed by atoms with Crippen molar-refractivity contribution in [2.45, 2.75) is 71.1 Å². The molecular formula is C26H38FN5O3. The highest BCUT2D eigenvalue weighted by molar-refractivity contribution is 5.91. The Morgan fingerprint density at radius 1 is 1.14 bits per heavy atom. The SMILES string of the molecule is CCC(C)[C@H]1C(=O)N(CC2CCCCC2)C[C@H]2N1C(=O)CN(C)N2C(=O)NCc1ccc(F)cc1. The summed E-state index contributed by atoms with van der Waals surface area (Å²) in [5.74, 6) is -0.00180. The number of nitrogens with zero attached hydrogens (tertiary/aromatic N) is 4. The Labute approximate surface area is 207 Å². The highest BCUT2D eigenvalue weighted by Crippen LogP contribution is 2.32. The average molecular weight is 488 g/mol. The van der Waals surface area contributed by atoms with E-state index < -0.39 is 12.2 Å².